The fourth-order valence-electron chi connectivity index (χ4n) is 4.63. The van der Waals surface area contributed by atoms with Gasteiger partial charge in [-0.1, -0.05) is 25.0 Å². The molecule has 3 amide bonds. The van der Waals surface area contributed by atoms with Crippen LogP contribution in [0.15, 0.2) is 30.6 Å². The fourth-order valence-corrected chi connectivity index (χ4v) is 4.63. The number of rotatable bonds is 6. The van der Waals surface area contributed by atoms with Gasteiger partial charge in [0.1, 0.15) is 17.1 Å². The van der Waals surface area contributed by atoms with Gasteiger partial charge in [-0.15, -0.1) is 0 Å². The third-order valence-electron chi connectivity index (χ3n) is 6.44. The Labute approximate surface area is 186 Å². The maximum absolute atomic E-state index is 13.4. The van der Waals surface area contributed by atoms with Crippen molar-refractivity contribution in [3.8, 4) is 0 Å². The van der Waals surface area contributed by atoms with Crippen molar-refractivity contribution in [1.82, 2.24) is 25.1 Å². The summed E-state index contributed by atoms with van der Waals surface area (Å²) in [5.41, 5.74) is -0.141. The van der Waals surface area contributed by atoms with E-state index in [1.807, 2.05) is 6.92 Å². The highest BCUT2D eigenvalue weighted by Crippen LogP contribution is 2.29. The first-order chi connectivity index (χ1) is 15.3. The molecule has 0 saturated heterocycles. The minimum atomic E-state index is -1.07. The number of amides is 3. The van der Waals surface area contributed by atoms with Crippen LogP contribution in [0, 0.1) is 5.82 Å². The maximum atomic E-state index is 13.4. The summed E-state index contributed by atoms with van der Waals surface area (Å²) in [6.45, 7) is 4.31. The second kappa shape index (κ2) is 8.72. The summed E-state index contributed by atoms with van der Waals surface area (Å²) in [7, 11) is 0. The molecule has 2 aliphatic rings. The number of carbonyl (C=O) groups excluding carboxylic acids is 3. The quantitative estimate of drug-likeness (QED) is 0.719. The molecule has 0 bridgehead atoms. The van der Waals surface area contributed by atoms with Crippen molar-refractivity contribution in [2.45, 2.75) is 64.2 Å². The van der Waals surface area contributed by atoms with Gasteiger partial charge in [-0.3, -0.25) is 14.4 Å². The molecule has 1 saturated carbocycles. The lowest BCUT2D eigenvalue weighted by Crippen LogP contribution is -2.64. The highest BCUT2D eigenvalue weighted by molar-refractivity contribution is 6.07. The zero-order chi connectivity index (χ0) is 22.9. The second-order valence-electron chi connectivity index (χ2n) is 8.66. The number of imidazole rings is 1. The normalized spacial score (nSPS) is 20.8. The van der Waals surface area contributed by atoms with Gasteiger partial charge in [0.05, 0.1) is 12.9 Å². The molecule has 1 aliphatic heterocycles. The number of carbonyl (C=O) groups is 3. The molecule has 1 aromatic carbocycles. The number of benzene rings is 1. The van der Waals surface area contributed by atoms with E-state index in [1.165, 1.54) is 23.4 Å². The van der Waals surface area contributed by atoms with Crippen molar-refractivity contribution in [3.63, 3.8) is 0 Å². The van der Waals surface area contributed by atoms with Crippen molar-refractivity contribution >= 4 is 17.7 Å². The third-order valence-corrected chi connectivity index (χ3v) is 6.44. The molecule has 2 N–H and O–H groups in total. The lowest BCUT2D eigenvalue weighted by molar-refractivity contribution is -0.133. The maximum Gasteiger partial charge on any atom is 0.273 e. The van der Waals surface area contributed by atoms with E-state index in [0.29, 0.717) is 6.54 Å². The SMILES string of the molecule is CCN1C(=O)c2c(C(=O)NCc3ccc(F)cc3)ncn2CC1(C)C(=O)NC1CCCC1. The molecule has 8 nitrogen and oxygen atoms in total. The van der Waals surface area contributed by atoms with Gasteiger partial charge >= 0.3 is 0 Å². The first kappa shape index (κ1) is 22.0. The summed E-state index contributed by atoms with van der Waals surface area (Å²) in [5, 5.41) is 5.83. The Bertz CT molecular complexity index is 1030. The minimum absolute atomic E-state index is 0.0220. The Hall–Kier alpha value is -3.23. The Morgan fingerprint density at radius 3 is 2.56 bits per heavy atom. The van der Waals surface area contributed by atoms with Gasteiger partial charge in [0.2, 0.25) is 5.91 Å². The van der Waals surface area contributed by atoms with Crippen molar-refractivity contribution in [2.24, 2.45) is 0 Å². The molecule has 1 aromatic heterocycles. The van der Waals surface area contributed by atoms with E-state index < -0.39 is 17.4 Å². The largest absolute Gasteiger partial charge is 0.351 e. The molecular formula is C23H28FN5O3. The number of hydrogen-bond acceptors (Lipinski definition) is 4. The van der Waals surface area contributed by atoms with Gasteiger partial charge in [0, 0.05) is 19.1 Å². The number of fused-ring (bicyclic) bond motifs is 1. The van der Waals surface area contributed by atoms with Crippen LogP contribution in [0.1, 0.15) is 66.1 Å². The first-order valence-corrected chi connectivity index (χ1v) is 11.0. The van der Waals surface area contributed by atoms with Crippen LogP contribution in [0.25, 0.3) is 0 Å². The molecule has 2 aromatic rings. The molecule has 1 aliphatic carbocycles. The summed E-state index contributed by atoms with van der Waals surface area (Å²) in [6, 6.07) is 5.94. The summed E-state index contributed by atoms with van der Waals surface area (Å²) < 4.78 is 14.7. The molecule has 4 rings (SSSR count). The van der Waals surface area contributed by atoms with Gasteiger partial charge in [-0.2, -0.15) is 0 Å². The molecule has 2 heterocycles. The number of nitrogens with zero attached hydrogens (tertiary/aromatic N) is 3. The van der Waals surface area contributed by atoms with Crippen LogP contribution >= 0.6 is 0 Å². The highest BCUT2D eigenvalue weighted by atomic mass is 19.1. The van der Waals surface area contributed by atoms with Crippen LogP contribution in [0.5, 0.6) is 0 Å². The van der Waals surface area contributed by atoms with Crippen LogP contribution < -0.4 is 10.6 Å². The van der Waals surface area contributed by atoms with Crippen LogP contribution in [0.2, 0.25) is 0 Å². The van der Waals surface area contributed by atoms with E-state index in [2.05, 4.69) is 15.6 Å². The Balaban J connectivity index is 1.53. The Kier molecular flexibility index (Phi) is 5.99. The predicted molar refractivity (Wildman–Crippen MR) is 115 cm³/mol. The molecule has 0 spiro atoms. The Morgan fingerprint density at radius 2 is 1.91 bits per heavy atom. The zero-order valence-electron chi connectivity index (χ0n) is 18.4. The van der Waals surface area contributed by atoms with Crippen molar-refractivity contribution < 1.29 is 18.8 Å². The standard InChI is InChI=1S/C23H28FN5O3/c1-3-29-21(31)19-18(20(30)25-12-15-8-10-16(24)11-9-15)26-14-28(19)13-23(29,2)22(32)27-17-6-4-5-7-17/h8-11,14,17H,3-7,12-13H2,1-2H3,(H,25,30)(H,27,32). The molecule has 9 heteroatoms. The zero-order valence-corrected chi connectivity index (χ0v) is 18.4. The highest BCUT2D eigenvalue weighted by Gasteiger charge is 2.48. The van der Waals surface area contributed by atoms with Crippen LogP contribution in [0.3, 0.4) is 0 Å². The van der Waals surface area contributed by atoms with Crippen molar-refractivity contribution in [1.29, 1.82) is 0 Å². The van der Waals surface area contributed by atoms with Crippen LogP contribution in [0.4, 0.5) is 4.39 Å². The van der Waals surface area contributed by atoms with Crippen LogP contribution in [-0.2, 0) is 17.9 Å². The molecular weight excluding hydrogens is 413 g/mol. The van der Waals surface area contributed by atoms with Crippen molar-refractivity contribution in [3.05, 3.63) is 53.4 Å². The van der Waals surface area contributed by atoms with Crippen LogP contribution in [-0.4, -0.2) is 50.3 Å². The summed E-state index contributed by atoms with van der Waals surface area (Å²) in [4.78, 5) is 45.0. The van der Waals surface area contributed by atoms with Gasteiger partial charge in [-0.25, -0.2) is 9.37 Å². The van der Waals surface area contributed by atoms with E-state index in [4.69, 9.17) is 0 Å². The average Bonchev–Trinajstić information content (AvgIpc) is 3.43. The van der Waals surface area contributed by atoms with Gasteiger partial charge in [0.25, 0.3) is 11.8 Å². The third kappa shape index (κ3) is 3.99. The lowest BCUT2D eigenvalue weighted by atomic mass is 9.94. The van der Waals surface area contributed by atoms with E-state index in [0.717, 1.165) is 31.2 Å². The van der Waals surface area contributed by atoms with E-state index >= 15 is 0 Å². The molecule has 1 unspecified atom stereocenters. The smallest absolute Gasteiger partial charge is 0.273 e. The fraction of sp³-hybridized carbons (Fsp3) is 0.478. The van der Waals surface area contributed by atoms with Gasteiger partial charge in [-0.05, 0) is 44.4 Å². The first-order valence-electron chi connectivity index (χ1n) is 11.0. The van der Waals surface area contributed by atoms with E-state index in [1.54, 1.807) is 23.6 Å². The lowest BCUT2D eigenvalue weighted by Gasteiger charge is -2.43. The topological polar surface area (TPSA) is 96.3 Å². The van der Waals surface area contributed by atoms with Gasteiger partial charge < -0.3 is 20.1 Å². The molecule has 1 atom stereocenters. The number of nitrogens with one attached hydrogen (secondary N) is 2. The predicted octanol–water partition coefficient (Wildman–Crippen LogP) is 2.25. The second-order valence-corrected chi connectivity index (χ2v) is 8.66. The minimum Gasteiger partial charge on any atom is -0.351 e. The average molecular weight is 442 g/mol. The summed E-state index contributed by atoms with van der Waals surface area (Å²) in [6.07, 6.45) is 5.54. The number of aromatic nitrogens is 2. The molecule has 170 valence electrons. The number of halogens is 1. The van der Waals surface area contributed by atoms with E-state index in [9.17, 15) is 18.8 Å². The summed E-state index contributed by atoms with van der Waals surface area (Å²) in [5.74, 6) is -1.42. The Morgan fingerprint density at radius 1 is 1.22 bits per heavy atom. The number of likely N-dealkylation sites (N-methyl/N-ethyl adjacent to an activating group) is 1. The number of hydrogen-bond donors (Lipinski definition) is 2. The monoisotopic (exact) mass is 441 g/mol. The van der Waals surface area contributed by atoms with E-state index in [-0.39, 0.29) is 42.2 Å². The molecule has 0 radical (unpaired) electrons. The summed E-state index contributed by atoms with van der Waals surface area (Å²) >= 11 is 0. The molecule has 32 heavy (non-hydrogen) atoms. The molecule has 1 fully saturated rings. The van der Waals surface area contributed by atoms with Crippen molar-refractivity contribution in [2.75, 3.05) is 6.54 Å². The van der Waals surface area contributed by atoms with Gasteiger partial charge in [0.15, 0.2) is 5.69 Å².